The van der Waals surface area contributed by atoms with Crippen molar-refractivity contribution in [2.75, 3.05) is 6.54 Å². The van der Waals surface area contributed by atoms with Gasteiger partial charge in [-0.25, -0.2) is 0 Å². The summed E-state index contributed by atoms with van der Waals surface area (Å²) in [6.45, 7) is 1.44. The highest BCUT2D eigenvalue weighted by molar-refractivity contribution is 6.33. The first kappa shape index (κ1) is 10.7. The Morgan fingerprint density at radius 1 is 1.36 bits per heavy atom. The summed E-state index contributed by atoms with van der Waals surface area (Å²) in [5.41, 5.74) is 0.385. The van der Waals surface area contributed by atoms with Crippen molar-refractivity contribution in [3.8, 4) is 0 Å². The van der Waals surface area contributed by atoms with Crippen LogP contribution in [0.15, 0.2) is 24.3 Å². The third-order valence-corrected chi connectivity index (χ3v) is 1.95. The van der Waals surface area contributed by atoms with E-state index < -0.39 is 0 Å². The van der Waals surface area contributed by atoms with Gasteiger partial charge in [-0.1, -0.05) is 23.7 Å². The van der Waals surface area contributed by atoms with Crippen LogP contribution in [0, 0.1) is 0 Å². The van der Waals surface area contributed by atoms with Gasteiger partial charge in [0.25, 0.3) is 5.91 Å². The lowest BCUT2D eigenvalue weighted by molar-refractivity contribution is -0.116. The van der Waals surface area contributed by atoms with Gasteiger partial charge in [-0.05, 0) is 19.1 Å². The average Bonchev–Trinajstić information content (AvgIpc) is 2.15. The molecule has 1 aromatic rings. The minimum absolute atomic E-state index is 0.0318. The summed E-state index contributed by atoms with van der Waals surface area (Å²) in [4.78, 5) is 22.0. The second-order valence-electron chi connectivity index (χ2n) is 2.86. The first-order valence-electron chi connectivity index (χ1n) is 4.13. The van der Waals surface area contributed by atoms with Crippen molar-refractivity contribution in [1.29, 1.82) is 0 Å². The molecule has 1 amide bonds. The van der Waals surface area contributed by atoms with Crippen LogP contribution in [0.2, 0.25) is 5.02 Å². The molecule has 14 heavy (non-hydrogen) atoms. The third-order valence-electron chi connectivity index (χ3n) is 1.62. The average molecular weight is 212 g/mol. The van der Waals surface area contributed by atoms with Gasteiger partial charge in [-0.2, -0.15) is 0 Å². The predicted molar refractivity (Wildman–Crippen MR) is 54.5 cm³/mol. The number of amides is 1. The molecule has 0 bridgehead atoms. The number of Topliss-reactive ketones (excluding diaryl/α,β-unsaturated/α-hetero) is 1. The summed E-state index contributed by atoms with van der Waals surface area (Å²) in [5, 5.41) is 2.85. The predicted octanol–water partition coefficient (Wildman–Crippen LogP) is 1.66. The van der Waals surface area contributed by atoms with Gasteiger partial charge in [-0.15, -0.1) is 0 Å². The quantitative estimate of drug-likeness (QED) is 0.827. The molecule has 3 nitrogen and oxygen atoms in total. The van der Waals surface area contributed by atoms with Gasteiger partial charge in [0.1, 0.15) is 5.78 Å². The van der Waals surface area contributed by atoms with Gasteiger partial charge >= 0.3 is 0 Å². The molecule has 0 unspecified atom stereocenters. The Hall–Kier alpha value is -1.35. The van der Waals surface area contributed by atoms with Crippen LogP contribution in [0.3, 0.4) is 0 Å². The van der Waals surface area contributed by atoms with Crippen molar-refractivity contribution in [2.45, 2.75) is 6.92 Å². The largest absolute Gasteiger partial charge is 0.345 e. The number of ketones is 1. The molecule has 1 N–H and O–H groups in total. The first-order valence-corrected chi connectivity index (χ1v) is 4.51. The van der Waals surface area contributed by atoms with E-state index in [1.54, 1.807) is 24.3 Å². The summed E-state index contributed by atoms with van der Waals surface area (Å²) in [6.07, 6.45) is 0. The minimum Gasteiger partial charge on any atom is -0.345 e. The van der Waals surface area contributed by atoms with Gasteiger partial charge in [0.05, 0.1) is 17.1 Å². The summed E-state index contributed by atoms with van der Waals surface area (Å²) < 4.78 is 0. The lowest BCUT2D eigenvalue weighted by atomic mass is 10.2. The fourth-order valence-electron chi connectivity index (χ4n) is 0.945. The van der Waals surface area contributed by atoms with Gasteiger partial charge in [0.15, 0.2) is 0 Å². The Morgan fingerprint density at radius 3 is 2.57 bits per heavy atom. The zero-order valence-electron chi connectivity index (χ0n) is 7.71. The highest BCUT2D eigenvalue weighted by atomic mass is 35.5. The molecular formula is C10H10ClNO2. The molecule has 1 rings (SSSR count). The molecule has 0 aliphatic heterocycles. The summed E-state index contributed by atoms with van der Waals surface area (Å²) in [7, 11) is 0. The van der Waals surface area contributed by atoms with Gasteiger partial charge in [0.2, 0.25) is 0 Å². The lowest BCUT2D eigenvalue weighted by Gasteiger charge is -2.03. The fraction of sp³-hybridized carbons (Fsp3) is 0.200. The molecule has 0 aliphatic rings. The van der Waals surface area contributed by atoms with E-state index in [0.717, 1.165) is 0 Å². The van der Waals surface area contributed by atoms with Crippen molar-refractivity contribution < 1.29 is 9.59 Å². The maximum atomic E-state index is 11.4. The Labute approximate surface area is 87.1 Å². The number of hydrogen-bond donors (Lipinski definition) is 1. The molecule has 1 aromatic carbocycles. The highest BCUT2D eigenvalue weighted by Gasteiger charge is 2.08. The van der Waals surface area contributed by atoms with Crippen LogP contribution in [0.25, 0.3) is 0 Å². The molecule has 0 aliphatic carbocycles. The summed E-state index contributed by atoms with van der Waals surface area (Å²) >= 11 is 5.79. The molecular weight excluding hydrogens is 202 g/mol. The van der Waals surface area contributed by atoms with Crippen LogP contribution in [0.1, 0.15) is 17.3 Å². The smallest absolute Gasteiger partial charge is 0.253 e. The third kappa shape index (κ3) is 2.85. The first-order chi connectivity index (χ1) is 6.61. The standard InChI is InChI=1S/C10H10ClNO2/c1-7(13)6-12-10(14)8-4-2-3-5-9(8)11/h2-5H,6H2,1H3,(H,12,14). The topological polar surface area (TPSA) is 46.2 Å². The van der Waals surface area contributed by atoms with Crippen molar-refractivity contribution in [3.05, 3.63) is 34.9 Å². The second kappa shape index (κ2) is 4.77. The maximum Gasteiger partial charge on any atom is 0.253 e. The number of rotatable bonds is 3. The maximum absolute atomic E-state index is 11.4. The molecule has 0 fully saturated rings. The van der Waals surface area contributed by atoms with Crippen LogP contribution in [-0.2, 0) is 4.79 Å². The molecule has 0 aromatic heterocycles. The second-order valence-corrected chi connectivity index (χ2v) is 3.27. The molecule has 0 radical (unpaired) electrons. The Bertz CT molecular complexity index is 363. The number of carbonyl (C=O) groups is 2. The van der Waals surface area contributed by atoms with Crippen LogP contribution in [0.5, 0.6) is 0 Å². The molecule has 0 heterocycles. The monoisotopic (exact) mass is 211 g/mol. The SMILES string of the molecule is CC(=O)CNC(=O)c1ccccc1Cl. The van der Waals surface area contributed by atoms with Crippen molar-refractivity contribution in [3.63, 3.8) is 0 Å². The van der Waals surface area contributed by atoms with Crippen LogP contribution in [-0.4, -0.2) is 18.2 Å². The summed E-state index contributed by atoms with van der Waals surface area (Å²) in [5.74, 6) is -0.420. The van der Waals surface area contributed by atoms with E-state index in [1.807, 2.05) is 0 Å². The molecule has 0 atom stereocenters. The number of carbonyl (C=O) groups excluding carboxylic acids is 2. The number of hydrogen-bond acceptors (Lipinski definition) is 2. The van der Waals surface area contributed by atoms with Crippen LogP contribution >= 0.6 is 11.6 Å². The molecule has 4 heteroatoms. The van der Waals surface area contributed by atoms with E-state index >= 15 is 0 Å². The van der Waals surface area contributed by atoms with E-state index in [9.17, 15) is 9.59 Å². The van der Waals surface area contributed by atoms with E-state index in [4.69, 9.17) is 11.6 Å². The summed E-state index contributed by atoms with van der Waals surface area (Å²) in [6, 6.07) is 6.70. The molecule has 0 saturated heterocycles. The fourth-order valence-corrected chi connectivity index (χ4v) is 1.17. The zero-order valence-corrected chi connectivity index (χ0v) is 8.47. The number of halogens is 1. The number of benzene rings is 1. The van der Waals surface area contributed by atoms with E-state index in [1.165, 1.54) is 6.92 Å². The Morgan fingerprint density at radius 2 is 2.00 bits per heavy atom. The van der Waals surface area contributed by atoms with Crippen LogP contribution in [0.4, 0.5) is 0 Å². The molecule has 74 valence electrons. The van der Waals surface area contributed by atoms with Gasteiger partial charge < -0.3 is 5.32 Å². The zero-order chi connectivity index (χ0) is 10.6. The molecule has 0 spiro atoms. The lowest BCUT2D eigenvalue weighted by Crippen LogP contribution is -2.28. The molecule has 0 saturated carbocycles. The van der Waals surface area contributed by atoms with E-state index in [-0.39, 0.29) is 18.2 Å². The van der Waals surface area contributed by atoms with E-state index in [2.05, 4.69) is 5.32 Å². The highest BCUT2D eigenvalue weighted by Crippen LogP contribution is 2.14. The normalized spacial score (nSPS) is 9.57. The van der Waals surface area contributed by atoms with Crippen molar-refractivity contribution >= 4 is 23.3 Å². The van der Waals surface area contributed by atoms with Crippen molar-refractivity contribution in [2.24, 2.45) is 0 Å². The number of nitrogens with one attached hydrogen (secondary N) is 1. The van der Waals surface area contributed by atoms with Gasteiger partial charge in [0, 0.05) is 0 Å². The minimum atomic E-state index is -0.328. The van der Waals surface area contributed by atoms with Crippen LogP contribution < -0.4 is 5.32 Å². The van der Waals surface area contributed by atoms with E-state index in [0.29, 0.717) is 10.6 Å². The Balaban J connectivity index is 2.70. The Kier molecular flexibility index (Phi) is 3.65. The van der Waals surface area contributed by atoms with Crippen molar-refractivity contribution in [1.82, 2.24) is 5.32 Å². The van der Waals surface area contributed by atoms with Gasteiger partial charge in [-0.3, -0.25) is 9.59 Å².